The lowest BCUT2D eigenvalue weighted by Crippen LogP contribution is -2.11. The molecule has 0 aliphatic rings. The summed E-state index contributed by atoms with van der Waals surface area (Å²) in [5, 5.41) is 0. The maximum Gasteiger partial charge on any atom is 0.122 e. The van der Waals surface area contributed by atoms with E-state index >= 15 is 0 Å². The maximum absolute atomic E-state index is 6.25. The summed E-state index contributed by atoms with van der Waals surface area (Å²) in [7, 11) is 3.26. The van der Waals surface area contributed by atoms with Gasteiger partial charge in [-0.25, -0.2) is 0 Å². The molecule has 0 heterocycles. The summed E-state index contributed by atoms with van der Waals surface area (Å²) < 4.78 is 10.5. The Morgan fingerprint density at radius 1 is 0.833 bits per heavy atom. The number of benzene rings is 2. The highest BCUT2D eigenvalue weighted by atomic mass is 16.5. The van der Waals surface area contributed by atoms with E-state index in [1.165, 1.54) is 0 Å². The smallest absolute Gasteiger partial charge is 0.122 e. The van der Waals surface area contributed by atoms with Crippen molar-refractivity contribution in [3.63, 3.8) is 0 Å². The first-order chi connectivity index (χ1) is 8.74. The van der Waals surface area contributed by atoms with E-state index in [0.717, 1.165) is 22.6 Å². The van der Waals surface area contributed by atoms with Crippen molar-refractivity contribution < 1.29 is 9.47 Å². The van der Waals surface area contributed by atoms with E-state index in [4.69, 9.17) is 15.2 Å². The summed E-state index contributed by atoms with van der Waals surface area (Å²) >= 11 is 0. The zero-order valence-corrected chi connectivity index (χ0v) is 10.6. The Hall–Kier alpha value is -2.00. The second-order valence-corrected chi connectivity index (χ2v) is 4.03. The molecule has 0 fully saturated rings. The largest absolute Gasteiger partial charge is 0.497 e. The third kappa shape index (κ3) is 2.63. The van der Waals surface area contributed by atoms with Crippen LogP contribution in [-0.4, -0.2) is 14.2 Å². The molecule has 18 heavy (non-hydrogen) atoms. The first-order valence-electron chi connectivity index (χ1n) is 5.78. The zero-order valence-electron chi connectivity index (χ0n) is 10.6. The van der Waals surface area contributed by atoms with Crippen molar-refractivity contribution in [3.8, 4) is 11.5 Å². The minimum Gasteiger partial charge on any atom is -0.497 e. The van der Waals surface area contributed by atoms with Crippen LogP contribution in [0.2, 0.25) is 0 Å². The van der Waals surface area contributed by atoms with E-state index < -0.39 is 0 Å². The van der Waals surface area contributed by atoms with Gasteiger partial charge >= 0.3 is 0 Å². The van der Waals surface area contributed by atoms with Gasteiger partial charge in [0.1, 0.15) is 11.5 Å². The van der Waals surface area contributed by atoms with Gasteiger partial charge in [-0.2, -0.15) is 0 Å². The average molecular weight is 243 g/mol. The van der Waals surface area contributed by atoms with Crippen molar-refractivity contribution in [2.45, 2.75) is 6.04 Å². The van der Waals surface area contributed by atoms with Crippen LogP contribution in [0.1, 0.15) is 17.2 Å². The molecule has 2 aromatic rings. The van der Waals surface area contributed by atoms with Crippen molar-refractivity contribution in [3.05, 3.63) is 59.7 Å². The molecular weight excluding hydrogens is 226 g/mol. The van der Waals surface area contributed by atoms with Crippen LogP contribution in [0.3, 0.4) is 0 Å². The van der Waals surface area contributed by atoms with E-state index in [1.807, 2.05) is 48.5 Å². The van der Waals surface area contributed by atoms with Crippen molar-refractivity contribution in [1.82, 2.24) is 0 Å². The predicted molar refractivity (Wildman–Crippen MR) is 72.0 cm³/mol. The minimum atomic E-state index is -0.185. The Morgan fingerprint density at radius 3 is 1.89 bits per heavy atom. The molecule has 2 rings (SSSR count). The van der Waals surface area contributed by atoms with Crippen molar-refractivity contribution in [1.29, 1.82) is 0 Å². The van der Waals surface area contributed by atoms with Gasteiger partial charge in [0.2, 0.25) is 0 Å². The molecule has 0 aliphatic heterocycles. The molecule has 94 valence electrons. The van der Waals surface area contributed by atoms with Gasteiger partial charge in [-0.1, -0.05) is 30.3 Å². The molecule has 1 atom stereocenters. The Kier molecular flexibility index (Phi) is 3.85. The molecule has 3 heteroatoms. The Bertz CT molecular complexity index is 489. The van der Waals surface area contributed by atoms with Crippen LogP contribution >= 0.6 is 0 Å². The third-order valence-electron chi connectivity index (χ3n) is 2.89. The summed E-state index contributed by atoms with van der Waals surface area (Å²) in [5.41, 5.74) is 8.28. The van der Waals surface area contributed by atoms with Crippen LogP contribution in [0, 0.1) is 0 Å². The molecule has 3 nitrogen and oxygen atoms in total. The topological polar surface area (TPSA) is 44.5 Å². The van der Waals surface area contributed by atoms with E-state index in [2.05, 4.69) is 0 Å². The van der Waals surface area contributed by atoms with Gasteiger partial charge in [0.05, 0.1) is 20.3 Å². The number of methoxy groups -OCH3 is 2. The first kappa shape index (κ1) is 12.5. The van der Waals surface area contributed by atoms with E-state index in [0.29, 0.717) is 0 Å². The molecular formula is C15H17NO2. The molecule has 0 saturated carbocycles. The van der Waals surface area contributed by atoms with Gasteiger partial charge in [-0.15, -0.1) is 0 Å². The average Bonchev–Trinajstić information content (AvgIpc) is 2.46. The fraction of sp³-hybridized carbons (Fsp3) is 0.200. The monoisotopic (exact) mass is 243 g/mol. The van der Waals surface area contributed by atoms with E-state index in [9.17, 15) is 0 Å². The van der Waals surface area contributed by atoms with Crippen LogP contribution in [0.15, 0.2) is 48.5 Å². The third-order valence-corrected chi connectivity index (χ3v) is 2.89. The highest BCUT2D eigenvalue weighted by Gasteiger charge is 2.11. The molecule has 0 aromatic heterocycles. The first-order valence-corrected chi connectivity index (χ1v) is 5.78. The zero-order chi connectivity index (χ0) is 13.0. The van der Waals surface area contributed by atoms with E-state index in [-0.39, 0.29) is 6.04 Å². The quantitative estimate of drug-likeness (QED) is 0.898. The van der Waals surface area contributed by atoms with Gasteiger partial charge in [0, 0.05) is 6.07 Å². The summed E-state index contributed by atoms with van der Waals surface area (Å²) in [6.45, 7) is 0. The molecule has 0 amide bonds. The molecule has 2 aromatic carbocycles. The van der Waals surface area contributed by atoms with Gasteiger partial charge in [-0.3, -0.25) is 0 Å². The maximum atomic E-state index is 6.25. The van der Waals surface area contributed by atoms with E-state index in [1.54, 1.807) is 14.2 Å². The van der Waals surface area contributed by atoms with Crippen LogP contribution in [0.4, 0.5) is 0 Å². The SMILES string of the molecule is COc1cc(OC)cc(C(N)c2ccccc2)c1. The van der Waals surface area contributed by atoms with Crippen molar-refractivity contribution in [2.24, 2.45) is 5.73 Å². The second-order valence-electron chi connectivity index (χ2n) is 4.03. The summed E-state index contributed by atoms with van der Waals surface area (Å²) in [6, 6.07) is 15.5. The lowest BCUT2D eigenvalue weighted by Gasteiger charge is -2.15. The molecule has 0 saturated heterocycles. The number of hydrogen-bond donors (Lipinski definition) is 1. The molecule has 1 unspecified atom stereocenters. The second kappa shape index (κ2) is 5.56. The highest BCUT2D eigenvalue weighted by molar-refractivity contribution is 5.42. The standard InChI is InChI=1S/C15H17NO2/c1-17-13-8-12(9-14(10-13)18-2)15(16)11-6-4-3-5-7-11/h3-10,15H,16H2,1-2H3. The summed E-state index contributed by atoms with van der Waals surface area (Å²) in [6.07, 6.45) is 0. The van der Waals surface area contributed by atoms with Crippen molar-refractivity contribution in [2.75, 3.05) is 14.2 Å². The molecule has 0 aliphatic carbocycles. The van der Waals surface area contributed by atoms with Gasteiger partial charge < -0.3 is 15.2 Å². The van der Waals surface area contributed by atoms with Crippen LogP contribution in [0.25, 0.3) is 0 Å². The molecule has 0 radical (unpaired) electrons. The minimum absolute atomic E-state index is 0.185. The lowest BCUT2D eigenvalue weighted by atomic mass is 9.99. The number of ether oxygens (including phenoxy) is 2. The summed E-state index contributed by atoms with van der Waals surface area (Å²) in [4.78, 5) is 0. The fourth-order valence-electron chi connectivity index (χ4n) is 1.86. The molecule has 2 N–H and O–H groups in total. The lowest BCUT2D eigenvalue weighted by molar-refractivity contribution is 0.393. The number of rotatable bonds is 4. The van der Waals surface area contributed by atoms with Gasteiger partial charge in [-0.05, 0) is 23.3 Å². The van der Waals surface area contributed by atoms with Gasteiger partial charge in [0.15, 0.2) is 0 Å². The highest BCUT2D eigenvalue weighted by Crippen LogP contribution is 2.28. The normalized spacial score (nSPS) is 11.9. The Morgan fingerprint density at radius 2 is 1.39 bits per heavy atom. The summed E-state index contributed by atoms with van der Waals surface area (Å²) in [5.74, 6) is 1.49. The predicted octanol–water partition coefficient (Wildman–Crippen LogP) is 2.75. The molecule has 0 bridgehead atoms. The number of hydrogen-bond acceptors (Lipinski definition) is 3. The number of nitrogens with two attached hydrogens (primary N) is 1. The van der Waals surface area contributed by atoms with Gasteiger partial charge in [0.25, 0.3) is 0 Å². The van der Waals surface area contributed by atoms with Crippen LogP contribution in [0.5, 0.6) is 11.5 Å². The van der Waals surface area contributed by atoms with Crippen molar-refractivity contribution >= 4 is 0 Å². The van der Waals surface area contributed by atoms with Crippen LogP contribution < -0.4 is 15.2 Å². The van der Waals surface area contributed by atoms with Crippen LogP contribution in [-0.2, 0) is 0 Å². The Labute approximate surface area is 107 Å². The molecule has 0 spiro atoms. The fourth-order valence-corrected chi connectivity index (χ4v) is 1.86. The Balaban J connectivity index is 2.38.